The fourth-order valence-corrected chi connectivity index (χ4v) is 3.31. The number of rotatable bonds is 4. The van der Waals surface area contributed by atoms with Gasteiger partial charge in [0.25, 0.3) is 0 Å². The van der Waals surface area contributed by atoms with Crippen LogP contribution in [0.2, 0.25) is 0 Å². The molecular formula is C17H25NO2. The maximum absolute atomic E-state index is 11.0. The van der Waals surface area contributed by atoms with Crippen molar-refractivity contribution in [2.24, 2.45) is 11.3 Å². The monoisotopic (exact) mass is 275 g/mol. The molecule has 1 aromatic rings. The van der Waals surface area contributed by atoms with Crippen molar-refractivity contribution in [3.63, 3.8) is 0 Å². The van der Waals surface area contributed by atoms with Gasteiger partial charge in [0.05, 0.1) is 5.56 Å². The number of nitrogens with one attached hydrogen (secondary N) is 1. The van der Waals surface area contributed by atoms with E-state index in [4.69, 9.17) is 5.11 Å². The molecule has 1 aliphatic rings. The summed E-state index contributed by atoms with van der Waals surface area (Å²) in [5.41, 5.74) is 1.87. The highest BCUT2D eigenvalue weighted by Gasteiger charge is 2.31. The van der Waals surface area contributed by atoms with Crippen LogP contribution < -0.4 is 5.32 Å². The van der Waals surface area contributed by atoms with Crippen molar-refractivity contribution >= 4 is 5.97 Å². The van der Waals surface area contributed by atoms with Crippen molar-refractivity contribution in [1.82, 2.24) is 5.32 Å². The van der Waals surface area contributed by atoms with Crippen molar-refractivity contribution in [1.29, 1.82) is 0 Å². The lowest BCUT2D eigenvalue weighted by atomic mass is 9.70. The first-order valence-corrected chi connectivity index (χ1v) is 7.43. The summed E-state index contributed by atoms with van der Waals surface area (Å²) >= 11 is 0. The number of benzene rings is 1. The van der Waals surface area contributed by atoms with E-state index < -0.39 is 5.97 Å². The first-order valence-electron chi connectivity index (χ1n) is 7.43. The summed E-state index contributed by atoms with van der Waals surface area (Å²) in [6.07, 6.45) is 3.71. The molecule has 20 heavy (non-hydrogen) atoms. The summed E-state index contributed by atoms with van der Waals surface area (Å²) in [7, 11) is 0. The van der Waals surface area contributed by atoms with Crippen molar-refractivity contribution in [3.8, 4) is 0 Å². The number of hydrogen-bond donors (Lipinski definition) is 2. The predicted octanol–water partition coefficient (Wildman–Crippen LogP) is 3.69. The average molecular weight is 275 g/mol. The van der Waals surface area contributed by atoms with Gasteiger partial charge in [-0.25, -0.2) is 4.79 Å². The van der Waals surface area contributed by atoms with Gasteiger partial charge in [0, 0.05) is 12.6 Å². The van der Waals surface area contributed by atoms with Crippen LogP contribution in [0.5, 0.6) is 0 Å². The van der Waals surface area contributed by atoms with Crippen LogP contribution in [0.15, 0.2) is 24.3 Å². The Morgan fingerprint density at radius 1 is 1.45 bits per heavy atom. The Kier molecular flexibility index (Phi) is 4.48. The van der Waals surface area contributed by atoms with Crippen LogP contribution >= 0.6 is 0 Å². The minimum atomic E-state index is -0.861. The Balaban J connectivity index is 1.92. The van der Waals surface area contributed by atoms with Crippen molar-refractivity contribution in [3.05, 3.63) is 35.4 Å². The van der Waals surface area contributed by atoms with Gasteiger partial charge in [0.2, 0.25) is 0 Å². The van der Waals surface area contributed by atoms with Crippen LogP contribution in [0, 0.1) is 11.3 Å². The van der Waals surface area contributed by atoms with Crippen molar-refractivity contribution in [2.75, 3.05) is 0 Å². The fraction of sp³-hybridized carbons (Fsp3) is 0.588. The lowest BCUT2D eigenvalue weighted by molar-refractivity contribution is 0.0696. The number of hydrogen-bond acceptors (Lipinski definition) is 2. The molecule has 1 fully saturated rings. The molecule has 2 unspecified atom stereocenters. The lowest BCUT2D eigenvalue weighted by Crippen LogP contribution is -2.41. The van der Waals surface area contributed by atoms with E-state index >= 15 is 0 Å². The molecule has 2 atom stereocenters. The molecule has 2 N–H and O–H groups in total. The molecule has 1 aromatic carbocycles. The van der Waals surface area contributed by atoms with Crippen LogP contribution in [-0.2, 0) is 6.54 Å². The van der Waals surface area contributed by atoms with Gasteiger partial charge >= 0.3 is 5.97 Å². The normalized spacial score (nSPS) is 25.4. The highest BCUT2D eigenvalue weighted by Crippen LogP contribution is 2.38. The van der Waals surface area contributed by atoms with E-state index in [0.29, 0.717) is 22.9 Å². The quantitative estimate of drug-likeness (QED) is 0.881. The molecule has 0 aliphatic heterocycles. The Labute approximate surface area is 121 Å². The molecule has 0 spiro atoms. The molecule has 1 aliphatic carbocycles. The molecular weight excluding hydrogens is 250 g/mol. The van der Waals surface area contributed by atoms with Gasteiger partial charge in [-0.15, -0.1) is 0 Å². The Bertz CT molecular complexity index is 482. The van der Waals surface area contributed by atoms with E-state index in [1.54, 1.807) is 12.1 Å². The maximum atomic E-state index is 11.0. The van der Waals surface area contributed by atoms with Crippen molar-refractivity contribution in [2.45, 2.75) is 52.6 Å². The molecule has 1 saturated carbocycles. The van der Waals surface area contributed by atoms with E-state index in [0.717, 1.165) is 12.1 Å². The summed E-state index contributed by atoms with van der Waals surface area (Å²) < 4.78 is 0. The molecule has 0 saturated heterocycles. The Morgan fingerprint density at radius 3 is 2.85 bits per heavy atom. The number of carboxylic acids is 1. The first kappa shape index (κ1) is 15.0. The number of aromatic carboxylic acids is 1. The number of carbonyl (C=O) groups is 1. The minimum Gasteiger partial charge on any atom is -0.478 e. The van der Waals surface area contributed by atoms with E-state index in [-0.39, 0.29) is 0 Å². The van der Waals surface area contributed by atoms with Crippen LogP contribution in [0.3, 0.4) is 0 Å². The SMILES string of the molecule is CC1CC(C)(C)CCC1NCc1cccc(C(=O)O)c1. The summed E-state index contributed by atoms with van der Waals surface area (Å²) in [4.78, 5) is 11.0. The van der Waals surface area contributed by atoms with Gasteiger partial charge in [-0.05, 0) is 48.3 Å². The Hall–Kier alpha value is -1.35. The molecule has 0 amide bonds. The van der Waals surface area contributed by atoms with Gasteiger partial charge in [-0.3, -0.25) is 0 Å². The van der Waals surface area contributed by atoms with Crippen LogP contribution in [0.1, 0.15) is 56.0 Å². The zero-order chi connectivity index (χ0) is 14.8. The topological polar surface area (TPSA) is 49.3 Å². The van der Waals surface area contributed by atoms with E-state index in [1.165, 1.54) is 19.3 Å². The third-order valence-electron chi connectivity index (χ3n) is 4.44. The predicted molar refractivity (Wildman–Crippen MR) is 80.8 cm³/mol. The molecule has 0 aromatic heterocycles. The third kappa shape index (κ3) is 3.83. The van der Waals surface area contributed by atoms with Gasteiger partial charge in [-0.2, -0.15) is 0 Å². The maximum Gasteiger partial charge on any atom is 0.335 e. The van der Waals surface area contributed by atoms with Crippen LogP contribution in [-0.4, -0.2) is 17.1 Å². The summed E-state index contributed by atoms with van der Waals surface area (Å²) in [5, 5.41) is 12.6. The van der Waals surface area contributed by atoms with Crippen molar-refractivity contribution < 1.29 is 9.90 Å². The molecule has 0 radical (unpaired) electrons. The molecule has 3 heteroatoms. The highest BCUT2D eigenvalue weighted by molar-refractivity contribution is 5.87. The second-order valence-corrected chi connectivity index (χ2v) is 6.88. The second kappa shape index (κ2) is 5.96. The Morgan fingerprint density at radius 2 is 2.20 bits per heavy atom. The first-order chi connectivity index (χ1) is 9.37. The third-order valence-corrected chi connectivity index (χ3v) is 4.44. The largest absolute Gasteiger partial charge is 0.478 e. The minimum absolute atomic E-state index is 0.363. The van der Waals surface area contributed by atoms with Gasteiger partial charge in [-0.1, -0.05) is 32.9 Å². The smallest absolute Gasteiger partial charge is 0.335 e. The molecule has 0 heterocycles. The van der Waals surface area contributed by atoms with E-state index in [2.05, 4.69) is 26.1 Å². The van der Waals surface area contributed by atoms with E-state index in [9.17, 15) is 4.79 Å². The standard InChI is InChI=1S/C17H25NO2/c1-12-10-17(2,3)8-7-15(12)18-11-13-5-4-6-14(9-13)16(19)20/h4-6,9,12,15,18H,7-8,10-11H2,1-3H3,(H,19,20). The van der Waals surface area contributed by atoms with Gasteiger partial charge in [0.1, 0.15) is 0 Å². The molecule has 3 nitrogen and oxygen atoms in total. The number of carboxylic acid groups (broad SMARTS) is 1. The highest BCUT2D eigenvalue weighted by atomic mass is 16.4. The molecule has 0 bridgehead atoms. The fourth-order valence-electron chi connectivity index (χ4n) is 3.31. The van der Waals surface area contributed by atoms with Crippen LogP contribution in [0.25, 0.3) is 0 Å². The zero-order valence-electron chi connectivity index (χ0n) is 12.6. The molecule has 2 rings (SSSR count). The van der Waals surface area contributed by atoms with Gasteiger partial charge < -0.3 is 10.4 Å². The van der Waals surface area contributed by atoms with Crippen LogP contribution in [0.4, 0.5) is 0 Å². The second-order valence-electron chi connectivity index (χ2n) is 6.88. The summed E-state index contributed by atoms with van der Waals surface area (Å²) in [6, 6.07) is 7.73. The molecule has 110 valence electrons. The lowest BCUT2D eigenvalue weighted by Gasteiger charge is -2.39. The zero-order valence-corrected chi connectivity index (χ0v) is 12.6. The summed E-state index contributed by atoms with van der Waals surface area (Å²) in [6.45, 7) is 7.74. The summed E-state index contributed by atoms with van der Waals surface area (Å²) in [5.74, 6) is -0.193. The van der Waals surface area contributed by atoms with E-state index in [1.807, 2.05) is 12.1 Å². The average Bonchev–Trinajstić information content (AvgIpc) is 2.37. The van der Waals surface area contributed by atoms with Gasteiger partial charge in [0.15, 0.2) is 0 Å².